The van der Waals surface area contributed by atoms with E-state index in [1.165, 1.54) is 115 Å². The zero-order chi connectivity index (χ0) is 28.6. The van der Waals surface area contributed by atoms with Gasteiger partial charge in [-0.2, -0.15) is 0 Å². The Morgan fingerprint density at radius 2 is 0.725 bits per heavy atom. The van der Waals surface area contributed by atoms with Crippen LogP contribution in [0, 0.1) is 0 Å². The van der Waals surface area contributed by atoms with Crippen molar-refractivity contribution in [3.8, 4) is 0 Å². The van der Waals surface area contributed by atoms with Gasteiger partial charge in [-0.25, -0.2) is 0 Å². The first-order valence-corrected chi connectivity index (χ1v) is 25.0. The van der Waals surface area contributed by atoms with E-state index in [0.717, 1.165) is 19.6 Å². The van der Waals surface area contributed by atoms with E-state index in [4.69, 9.17) is 22.4 Å². The average molecular weight is 625 g/mol. The molecule has 0 rings (SSSR count). The monoisotopic (exact) mass is 625 g/mol. The minimum Gasteiger partial charge on any atom is -0.437 e. The van der Waals surface area contributed by atoms with E-state index in [9.17, 15) is 0 Å². The Bertz CT molecular complexity index is 519. The normalized spacial score (nSPS) is 12.3. The first kappa shape index (κ1) is 44.9. The molecule has 8 heteroatoms. The van der Waals surface area contributed by atoms with Gasteiger partial charge < -0.3 is 22.4 Å². The zero-order valence-electron chi connectivity index (χ0n) is 27.1. The molecule has 0 aromatic rings. The zero-order valence-corrected chi connectivity index (χ0v) is 30.1. The van der Waals surface area contributed by atoms with Crippen LogP contribution in [-0.2, 0) is 22.4 Å². The number of rotatable bonds is 29. The molecule has 0 radical (unpaired) electrons. The molecule has 0 saturated carbocycles. The molecule has 0 aliphatic carbocycles. The molecule has 0 aromatic heterocycles. The maximum atomic E-state index is 6.83. The summed E-state index contributed by atoms with van der Waals surface area (Å²) in [6.07, 6.45) is 22.6. The van der Waals surface area contributed by atoms with Crippen LogP contribution in [0.5, 0.6) is 0 Å². The van der Waals surface area contributed by atoms with Crippen LogP contribution in [0.15, 0.2) is 0 Å². The Kier molecular flexibility index (Phi) is 31.7. The van der Waals surface area contributed by atoms with Crippen LogP contribution in [0.3, 0.4) is 0 Å². The van der Waals surface area contributed by atoms with Gasteiger partial charge in [-0.05, 0) is 64.2 Å². The Morgan fingerprint density at radius 3 is 1.07 bits per heavy atom. The van der Waals surface area contributed by atoms with Crippen LogP contribution in [0.1, 0.15) is 124 Å². The average Bonchev–Trinajstić information content (AvgIpc) is 2.81. The molecule has 0 unspecified atom stereocenters. The van der Waals surface area contributed by atoms with E-state index < -0.39 is 25.2 Å². The SMILES string of the molecule is C.C.COCCCCCCCCCCC[Si](C)(C)O[Si](C)(C)O[Si](C)(C)CCCCCCCCCCOCOC. The molecular weight excluding hydrogens is 549 g/mol. The lowest BCUT2D eigenvalue weighted by Crippen LogP contribution is -2.52. The van der Waals surface area contributed by atoms with Crippen molar-refractivity contribution >= 4 is 25.2 Å². The summed E-state index contributed by atoms with van der Waals surface area (Å²) < 4.78 is 29.0. The van der Waals surface area contributed by atoms with Crippen LogP contribution in [-0.4, -0.2) is 59.4 Å². The molecule has 0 aromatic carbocycles. The first-order chi connectivity index (χ1) is 18.0. The molecule has 40 heavy (non-hydrogen) atoms. The summed E-state index contributed by atoms with van der Waals surface area (Å²) in [6, 6.07) is 2.53. The maximum absolute atomic E-state index is 6.83. The third-order valence-electron chi connectivity index (χ3n) is 7.19. The largest absolute Gasteiger partial charge is 0.437 e. The smallest absolute Gasteiger partial charge is 0.311 e. The summed E-state index contributed by atoms with van der Waals surface area (Å²) in [4.78, 5) is 0. The van der Waals surface area contributed by atoms with Gasteiger partial charge in [0.15, 0.2) is 16.6 Å². The highest BCUT2D eigenvalue weighted by atomic mass is 28.5. The summed E-state index contributed by atoms with van der Waals surface area (Å²) in [6.45, 7) is 16.4. The van der Waals surface area contributed by atoms with E-state index in [2.05, 4.69) is 39.3 Å². The van der Waals surface area contributed by atoms with Gasteiger partial charge in [0.2, 0.25) is 0 Å². The topological polar surface area (TPSA) is 46.2 Å². The predicted octanol–water partition coefficient (Wildman–Crippen LogP) is 11.3. The van der Waals surface area contributed by atoms with Crippen molar-refractivity contribution in [1.82, 2.24) is 0 Å². The Morgan fingerprint density at radius 1 is 0.400 bits per heavy atom. The van der Waals surface area contributed by atoms with E-state index in [1.54, 1.807) is 14.2 Å². The minimum atomic E-state index is -2.08. The second kappa shape index (κ2) is 28.2. The molecule has 0 saturated heterocycles. The van der Waals surface area contributed by atoms with Crippen molar-refractivity contribution in [2.75, 3.05) is 34.2 Å². The molecule has 5 nitrogen and oxygen atoms in total. The highest BCUT2D eigenvalue weighted by molar-refractivity contribution is 6.87. The van der Waals surface area contributed by atoms with Crippen molar-refractivity contribution in [3.63, 3.8) is 0 Å². The summed E-state index contributed by atoms with van der Waals surface area (Å²) in [5, 5.41) is 0. The third-order valence-corrected chi connectivity index (χ3v) is 18.7. The highest BCUT2D eigenvalue weighted by Gasteiger charge is 2.39. The van der Waals surface area contributed by atoms with Gasteiger partial charge in [0.25, 0.3) is 0 Å². The van der Waals surface area contributed by atoms with E-state index in [0.29, 0.717) is 6.79 Å². The quantitative estimate of drug-likeness (QED) is 0.0470. The molecule has 0 heterocycles. The summed E-state index contributed by atoms with van der Waals surface area (Å²) in [5.74, 6) is 0. The fourth-order valence-corrected chi connectivity index (χ4v) is 19.7. The third kappa shape index (κ3) is 31.4. The second-order valence-corrected chi connectivity index (χ2v) is 25.4. The number of unbranched alkanes of at least 4 members (excludes halogenated alkanes) is 15. The lowest BCUT2D eigenvalue weighted by atomic mass is 10.1. The Labute approximate surface area is 256 Å². The van der Waals surface area contributed by atoms with Crippen molar-refractivity contribution in [1.29, 1.82) is 0 Å². The van der Waals surface area contributed by atoms with Gasteiger partial charge >= 0.3 is 8.56 Å². The molecule has 0 aliphatic rings. The van der Waals surface area contributed by atoms with E-state index >= 15 is 0 Å². The van der Waals surface area contributed by atoms with Crippen molar-refractivity contribution in [2.45, 2.75) is 175 Å². The molecule has 0 aliphatic heterocycles. The van der Waals surface area contributed by atoms with E-state index in [-0.39, 0.29) is 14.9 Å². The van der Waals surface area contributed by atoms with Crippen LogP contribution in [0.25, 0.3) is 0 Å². The van der Waals surface area contributed by atoms with E-state index in [1.807, 2.05) is 0 Å². The molecule has 0 N–H and O–H groups in total. The standard InChI is InChI=1S/C30H68O5Si3.2CH4/c1-31-26-22-18-14-10-9-12-16-20-24-28-36(3,4)34-38(7,8)35-37(5,6)29-25-21-17-13-11-15-19-23-27-33-30-32-2;;/h9-30H2,1-8H3;2*1H4. The van der Waals surface area contributed by atoms with Crippen LogP contribution in [0.4, 0.5) is 0 Å². The van der Waals surface area contributed by atoms with Gasteiger partial charge in [0.05, 0.1) is 0 Å². The predicted molar refractivity (Wildman–Crippen MR) is 186 cm³/mol. The molecule has 0 atom stereocenters. The summed E-state index contributed by atoms with van der Waals surface area (Å²) in [5.41, 5.74) is 0. The lowest BCUT2D eigenvalue weighted by molar-refractivity contribution is -0.0315. The van der Waals surface area contributed by atoms with Crippen LogP contribution >= 0.6 is 0 Å². The molecule has 0 spiro atoms. The van der Waals surface area contributed by atoms with Gasteiger partial charge in [-0.1, -0.05) is 111 Å². The second-order valence-electron chi connectivity index (χ2n) is 12.9. The number of ether oxygens (including phenoxy) is 3. The Hall–Kier alpha value is 0.451. The fourth-order valence-electron chi connectivity index (χ4n) is 5.45. The van der Waals surface area contributed by atoms with Crippen molar-refractivity contribution in [3.05, 3.63) is 0 Å². The van der Waals surface area contributed by atoms with Crippen LogP contribution in [0.2, 0.25) is 51.4 Å². The number of hydrogen-bond donors (Lipinski definition) is 0. The summed E-state index contributed by atoms with van der Waals surface area (Å²) >= 11 is 0. The fraction of sp³-hybridized carbons (Fsp3) is 1.00. The molecule has 0 fully saturated rings. The number of hydrogen-bond acceptors (Lipinski definition) is 5. The van der Waals surface area contributed by atoms with Gasteiger partial charge in [-0.3, -0.25) is 0 Å². The molecule has 0 amide bonds. The summed E-state index contributed by atoms with van der Waals surface area (Å²) in [7, 11) is -1.96. The van der Waals surface area contributed by atoms with Crippen LogP contribution < -0.4 is 0 Å². The van der Waals surface area contributed by atoms with Crippen molar-refractivity contribution in [2.24, 2.45) is 0 Å². The van der Waals surface area contributed by atoms with Gasteiger partial charge in [-0.15, -0.1) is 0 Å². The first-order valence-electron chi connectivity index (χ1n) is 16.0. The van der Waals surface area contributed by atoms with Gasteiger partial charge in [0, 0.05) is 27.4 Å². The molecule has 0 bridgehead atoms. The minimum absolute atomic E-state index is 0. The molecule has 246 valence electrons. The van der Waals surface area contributed by atoms with Crippen molar-refractivity contribution < 1.29 is 22.4 Å². The maximum Gasteiger partial charge on any atom is 0.311 e. The Balaban J connectivity index is -0.00000684. The van der Waals surface area contributed by atoms with Gasteiger partial charge in [0.1, 0.15) is 6.79 Å². The highest BCUT2D eigenvalue weighted by Crippen LogP contribution is 2.27. The number of methoxy groups -OCH3 is 2. The molecular formula is C32H76O5Si3. The lowest BCUT2D eigenvalue weighted by Gasteiger charge is -2.39.